The number of rotatable bonds is 6. The van der Waals surface area contributed by atoms with E-state index in [1.165, 1.54) is 38.5 Å². The van der Waals surface area contributed by atoms with Gasteiger partial charge in [-0.15, -0.1) is 0 Å². The second-order valence-corrected chi connectivity index (χ2v) is 3.12. The Balaban J connectivity index is 3.60. The Morgan fingerprint density at radius 2 is 1.73 bits per heavy atom. The first-order valence-corrected chi connectivity index (χ1v) is 5.03. The van der Waals surface area contributed by atoms with Gasteiger partial charge >= 0.3 is 0 Å². The molecule has 0 fully saturated rings. The largest absolute Gasteiger partial charge is 0.0856 e. The fraction of sp³-hybridized carbons (Fsp3) is 0.818. The Morgan fingerprint density at radius 1 is 1.00 bits per heavy atom. The second kappa shape index (κ2) is 7.84. The molecule has 0 nitrogen and oxygen atoms in total. The van der Waals surface area contributed by atoms with Crippen LogP contribution in [0.25, 0.3) is 0 Å². The third-order valence-corrected chi connectivity index (χ3v) is 1.92. The van der Waals surface area contributed by atoms with Gasteiger partial charge in [0.25, 0.3) is 0 Å². The zero-order valence-corrected chi connectivity index (χ0v) is 8.32. The molecule has 0 unspecified atom stereocenters. The van der Waals surface area contributed by atoms with Crippen LogP contribution in [0.4, 0.5) is 0 Å². The first kappa shape index (κ1) is 10.7. The number of unbranched alkanes of at least 4 members (excludes halogenated alkanes) is 1. The van der Waals surface area contributed by atoms with Gasteiger partial charge in [-0.05, 0) is 25.7 Å². The molecular weight excluding hydrogens is 132 g/mol. The van der Waals surface area contributed by atoms with Crippen LogP contribution in [-0.4, -0.2) is 0 Å². The van der Waals surface area contributed by atoms with Crippen LogP contribution in [0, 0.1) is 0 Å². The number of allylic oxidation sites excluding steroid dienone is 2. The highest BCUT2D eigenvalue weighted by atomic mass is 14.0. The minimum atomic E-state index is 1.21. The molecule has 0 heteroatoms. The molecule has 0 atom stereocenters. The van der Waals surface area contributed by atoms with Crippen LogP contribution in [0.15, 0.2) is 11.6 Å². The van der Waals surface area contributed by atoms with Gasteiger partial charge in [-0.25, -0.2) is 0 Å². The summed E-state index contributed by atoms with van der Waals surface area (Å²) in [7, 11) is 0. The van der Waals surface area contributed by atoms with Crippen molar-refractivity contribution in [2.24, 2.45) is 0 Å². The number of hydrogen-bond acceptors (Lipinski definition) is 0. The summed E-state index contributed by atoms with van der Waals surface area (Å²) in [6.45, 7) is 6.74. The van der Waals surface area contributed by atoms with Crippen molar-refractivity contribution in [1.29, 1.82) is 0 Å². The van der Waals surface area contributed by atoms with E-state index in [2.05, 4.69) is 26.8 Å². The Bertz CT molecular complexity index is 101. The maximum absolute atomic E-state index is 2.40. The van der Waals surface area contributed by atoms with Crippen molar-refractivity contribution in [3.05, 3.63) is 11.6 Å². The van der Waals surface area contributed by atoms with Crippen LogP contribution in [0.3, 0.4) is 0 Å². The van der Waals surface area contributed by atoms with Crippen molar-refractivity contribution in [2.75, 3.05) is 0 Å². The predicted molar refractivity (Wildman–Crippen MR) is 52.8 cm³/mol. The molecule has 0 aromatic rings. The highest BCUT2D eigenvalue weighted by molar-refractivity contribution is 5.00. The Hall–Kier alpha value is -0.260. The zero-order valence-electron chi connectivity index (χ0n) is 8.32. The summed E-state index contributed by atoms with van der Waals surface area (Å²) in [6, 6.07) is 0. The molecule has 0 heterocycles. The standard InChI is InChI=1S/C11H22/c1-4-7-10-11(8-5-2)9-6-3/h8H,4-7,9-10H2,1-3H3. The van der Waals surface area contributed by atoms with E-state index in [1.807, 2.05) is 0 Å². The third kappa shape index (κ3) is 6.15. The number of hydrogen-bond donors (Lipinski definition) is 0. The van der Waals surface area contributed by atoms with Crippen molar-refractivity contribution in [3.63, 3.8) is 0 Å². The minimum absolute atomic E-state index is 1.21. The molecule has 0 saturated heterocycles. The van der Waals surface area contributed by atoms with Crippen LogP contribution in [0.1, 0.15) is 59.3 Å². The van der Waals surface area contributed by atoms with Gasteiger partial charge in [0.15, 0.2) is 0 Å². The molecule has 0 amide bonds. The van der Waals surface area contributed by atoms with Gasteiger partial charge in [0, 0.05) is 0 Å². The van der Waals surface area contributed by atoms with Crippen LogP contribution in [-0.2, 0) is 0 Å². The monoisotopic (exact) mass is 154 g/mol. The fourth-order valence-corrected chi connectivity index (χ4v) is 1.34. The van der Waals surface area contributed by atoms with Crippen molar-refractivity contribution in [1.82, 2.24) is 0 Å². The topological polar surface area (TPSA) is 0 Å². The molecule has 0 bridgehead atoms. The molecular formula is C11H22. The van der Waals surface area contributed by atoms with Gasteiger partial charge in [-0.2, -0.15) is 0 Å². The molecule has 0 rings (SSSR count). The van der Waals surface area contributed by atoms with E-state index in [-0.39, 0.29) is 0 Å². The lowest BCUT2D eigenvalue weighted by atomic mass is 10.0. The first-order valence-electron chi connectivity index (χ1n) is 5.03. The van der Waals surface area contributed by atoms with Crippen LogP contribution in [0.2, 0.25) is 0 Å². The quantitative estimate of drug-likeness (QED) is 0.500. The maximum Gasteiger partial charge on any atom is -0.0320 e. The van der Waals surface area contributed by atoms with Crippen molar-refractivity contribution < 1.29 is 0 Å². The lowest BCUT2D eigenvalue weighted by Crippen LogP contribution is -1.83. The van der Waals surface area contributed by atoms with E-state index in [9.17, 15) is 0 Å². The first-order chi connectivity index (χ1) is 5.35. The molecule has 0 aliphatic rings. The van der Waals surface area contributed by atoms with Gasteiger partial charge in [-0.3, -0.25) is 0 Å². The lowest BCUT2D eigenvalue weighted by Gasteiger charge is -2.03. The Labute approximate surface area is 71.7 Å². The van der Waals surface area contributed by atoms with E-state index in [1.54, 1.807) is 5.57 Å². The van der Waals surface area contributed by atoms with E-state index >= 15 is 0 Å². The molecule has 0 aliphatic heterocycles. The summed E-state index contributed by atoms with van der Waals surface area (Å²) in [4.78, 5) is 0. The molecule has 0 aliphatic carbocycles. The predicted octanol–water partition coefficient (Wildman–Crippen LogP) is 4.31. The third-order valence-electron chi connectivity index (χ3n) is 1.92. The summed E-state index contributed by atoms with van der Waals surface area (Å²) in [5, 5.41) is 0. The van der Waals surface area contributed by atoms with Crippen molar-refractivity contribution in [2.45, 2.75) is 59.3 Å². The van der Waals surface area contributed by atoms with Gasteiger partial charge < -0.3 is 0 Å². The van der Waals surface area contributed by atoms with Gasteiger partial charge in [-0.1, -0.05) is 45.3 Å². The van der Waals surface area contributed by atoms with Gasteiger partial charge in [0.2, 0.25) is 0 Å². The molecule has 0 aromatic heterocycles. The molecule has 0 radical (unpaired) electrons. The molecule has 66 valence electrons. The van der Waals surface area contributed by atoms with E-state index in [0.717, 1.165) is 0 Å². The van der Waals surface area contributed by atoms with Crippen LogP contribution >= 0.6 is 0 Å². The molecule has 11 heavy (non-hydrogen) atoms. The average molecular weight is 154 g/mol. The van der Waals surface area contributed by atoms with Crippen molar-refractivity contribution in [3.8, 4) is 0 Å². The summed E-state index contributed by atoms with van der Waals surface area (Å²) < 4.78 is 0. The summed E-state index contributed by atoms with van der Waals surface area (Å²) in [5.74, 6) is 0. The summed E-state index contributed by atoms with van der Waals surface area (Å²) >= 11 is 0. The second-order valence-electron chi connectivity index (χ2n) is 3.12. The molecule has 0 aromatic carbocycles. The highest BCUT2D eigenvalue weighted by Gasteiger charge is 1.93. The average Bonchev–Trinajstić information content (AvgIpc) is 2.01. The van der Waals surface area contributed by atoms with Crippen LogP contribution < -0.4 is 0 Å². The van der Waals surface area contributed by atoms with Gasteiger partial charge in [0.05, 0.1) is 0 Å². The minimum Gasteiger partial charge on any atom is -0.0856 e. The zero-order chi connectivity index (χ0) is 8.53. The maximum atomic E-state index is 2.40. The SMILES string of the molecule is CCC=C(CCC)CCCC. The fourth-order valence-electron chi connectivity index (χ4n) is 1.34. The Morgan fingerprint density at radius 3 is 2.18 bits per heavy atom. The van der Waals surface area contributed by atoms with Crippen molar-refractivity contribution >= 4 is 0 Å². The van der Waals surface area contributed by atoms with E-state index in [4.69, 9.17) is 0 Å². The van der Waals surface area contributed by atoms with Crippen LogP contribution in [0.5, 0.6) is 0 Å². The normalized spacial score (nSPS) is 12.1. The summed E-state index contributed by atoms with van der Waals surface area (Å²) in [6.07, 6.45) is 10.2. The van der Waals surface area contributed by atoms with Gasteiger partial charge in [0.1, 0.15) is 0 Å². The smallest absolute Gasteiger partial charge is 0.0320 e. The lowest BCUT2D eigenvalue weighted by molar-refractivity contribution is 0.738. The summed E-state index contributed by atoms with van der Waals surface area (Å²) in [5.41, 5.74) is 1.68. The van der Waals surface area contributed by atoms with E-state index < -0.39 is 0 Å². The highest BCUT2D eigenvalue weighted by Crippen LogP contribution is 2.13. The Kier molecular flexibility index (Phi) is 7.66. The molecule has 0 spiro atoms. The van der Waals surface area contributed by atoms with E-state index in [0.29, 0.717) is 0 Å². The molecule has 0 N–H and O–H groups in total. The molecule has 0 saturated carbocycles.